The number of methoxy groups -OCH3 is 1. The molecule has 0 aromatic rings. The van der Waals surface area contributed by atoms with E-state index in [0.717, 1.165) is 6.26 Å². The molecular formula is C8H16O4. The zero-order valence-corrected chi connectivity index (χ0v) is 7.74. The second-order valence-electron chi connectivity index (χ2n) is 2.08. The molecule has 1 N–H and O–H groups in total. The van der Waals surface area contributed by atoms with Gasteiger partial charge in [-0.15, -0.1) is 0 Å². The van der Waals surface area contributed by atoms with Crippen LogP contribution in [-0.4, -0.2) is 30.9 Å². The van der Waals surface area contributed by atoms with Crippen molar-refractivity contribution in [3.8, 4) is 0 Å². The Balaban J connectivity index is 0. The molecule has 72 valence electrons. The van der Waals surface area contributed by atoms with Crippen LogP contribution in [0.25, 0.3) is 0 Å². The van der Waals surface area contributed by atoms with Crippen LogP contribution < -0.4 is 0 Å². The molecule has 0 aliphatic carbocycles. The summed E-state index contributed by atoms with van der Waals surface area (Å²) >= 11 is 0. The molecule has 0 aromatic carbocycles. The van der Waals surface area contributed by atoms with Crippen molar-refractivity contribution in [3.63, 3.8) is 0 Å². The van der Waals surface area contributed by atoms with Gasteiger partial charge in [-0.3, -0.25) is 4.79 Å². The monoisotopic (exact) mass is 176 g/mol. The summed E-state index contributed by atoms with van der Waals surface area (Å²) in [5.74, 6) is -0.329. The SMILES string of the molecule is C=COC(C)=O.COCC(C)O. The Morgan fingerprint density at radius 2 is 2.25 bits per heavy atom. The van der Waals surface area contributed by atoms with E-state index in [1.807, 2.05) is 0 Å². The first-order valence-corrected chi connectivity index (χ1v) is 3.49. The Morgan fingerprint density at radius 1 is 1.75 bits per heavy atom. The van der Waals surface area contributed by atoms with Crippen molar-refractivity contribution in [2.24, 2.45) is 0 Å². The maximum atomic E-state index is 9.75. The molecule has 0 amide bonds. The van der Waals surface area contributed by atoms with Gasteiger partial charge in [-0.1, -0.05) is 6.58 Å². The van der Waals surface area contributed by atoms with Gasteiger partial charge in [0.05, 0.1) is 19.0 Å². The minimum absolute atomic E-state index is 0.324. The normalized spacial score (nSPS) is 10.7. The zero-order valence-electron chi connectivity index (χ0n) is 7.74. The minimum atomic E-state index is -0.329. The highest BCUT2D eigenvalue weighted by Gasteiger charge is 1.87. The van der Waals surface area contributed by atoms with Crippen LogP contribution in [0.2, 0.25) is 0 Å². The van der Waals surface area contributed by atoms with E-state index in [0.29, 0.717) is 6.61 Å². The molecule has 0 radical (unpaired) electrons. The molecule has 0 rings (SSSR count). The number of hydrogen-bond acceptors (Lipinski definition) is 4. The highest BCUT2D eigenvalue weighted by atomic mass is 16.5. The fourth-order valence-corrected chi connectivity index (χ4v) is 0.359. The maximum Gasteiger partial charge on any atom is 0.307 e. The summed E-state index contributed by atoms with van der Waals surface area (Å²) in [6.45, 7) is 6.59. The Bertz CT molecular complexity index is 120. The van der Waals surface area contributed by atoms with E-state index in [4.69, 9.17) is 5.11 Å². The van der Waals surface area contributed by atoms with Crippen LogP contribution in [0, 0.1) is 0 Å². The van der Waals surface area contributed by atoms with Gasteiger partial charge >= 0.3 is 5.97 Å². The van der Waals surface area contributed by atoms with Crippen molar-refractivity contribution >= 4 is 5.97 Å². The fraction of sp³-hybridized carbons (Fsp3) is 0.625. The van der Waals surface area contributed by atoms with Gasteiger partial charge in [0, 0.05) is 14.0 Å². The molecule has 1 unspecified atom stereocenters. The molecule has 0 spiro atoms. The van der Waals surface area contributed by atoms with Crippen molar-refractivity contribution in [1.82, 2.24) is 0 Å². The third-order valence-corrected chi connectivity index (χ3v) is 0.657. The fourth-order valence-electron chi connectivity index (χ4n) is 0.359. The second kappa shape index (κ2) is 10.1. The highest BCUT2D eigenvalue weighted by Crippen LogP contribution is 1.75. The van der Waals surface area contributed by atoms with Gasteiger partial charge in [-0.05, 0) is 6.92 Å². The summed E-state index contributed by atoms with van der Waals surface area (Å²) in [7, 11) is 1.56. The average molecular weight is 176 g/mol. The van der Waals surface area contributed by atoms with E-state index in [2.05, 4.69) is 16.1 Å². The number of esters is 1. The van der Waals surface area contributed by atoms with Gasteiger partial charge in [0.2, 0.25) is 0 Å². The summed E-state index contributed by atoms with van der Waals surface area (Å²) in [6.07, 6.45) is 0.775. The van der Waals surface area contributed by atoms with Gasteiger partial charge in [0.15, 0.2) is 0 Å². The summed E-state index contributed by atoms with van der Waals surface area (Å²) in [5.41, 5.74) is 0. The lowest BCUT2D eigenvalue weighted by atomic mass is 10.5. The maximum absolute atomic E-state index is 9.75. The largest absolute Gasteiger partial charge is 0.435 e. The molecule has 12 heavy (non-hydrogen) atoms. The Morgan fingerprint density at radius 3 is 2.25 bits per heavy atom. The van der Waals surface area contributed by atoms with Gasteiger partial charge in [0.25, 0.3) is 0 Å². The Kier molecular flexibility index (Phi) is 11.6. The van der Waals surface area contributed by atoms with Crippen molar-refractivity contribution in [3.05, 3.63) is 12.8 Å². The summed E-state index contributed by atoms with van der Waals surface area (Å²) in [5, 5.41) is 8.43. The smallest absolute Gasteiger partial charge is 0.307 e. The molecule has 0 saturated carbocycles. The van der Waals surface area contributed by atoms with Crippen LogP contribution in [0.3, 0.4) is 0 Å². The average Bonchev–Trinajstić information content (AvgIpc) is 1.87. The molecule has 4 nitrogen and oxygen atoms in total. The molecule has 0 aromatic heterocycles. The predicted molar refractivity (Wildman–Crippen MR) is 45.5 cm³/mol. The van der Waals surface area contributed by atoms with Gasteiger partial charge in [-0.25, -0.2) is 0 Å². The molecular weight excluding hydrogens is 160 g/mol. The second-order valence-corrected chi connectivity index (χ2v) is 2.08. The van der Waals surface area contributed by atoms with Crippen LogP contribution in [-0.2, 0) is 14.3 Å². The number of ether oxygens (including phenoxy) is 2. The van der Waals surface area contributed by atoms with Gasteiger partial charge in [0.1, 0.15) is 0 Å². The third-order valence-electron chi connectivity index (χ3n) is 0.657. The predicted octanol–water partition coefficient (Wildman–Crippen LogP) is 0.707. The van der Waals surface area contributed by atoms with E-state index >= 15 is 0 Å². The van der Waals surface area contributed by atoms with Crippen LogP contribution in [0.5, 0.6) is 0 Å². The van der Waals surface area contributed by atoms with Crippen LogP contribution in [0.1, 0.15) is 13.8 Å². The van der Waals surface area contributed by atoms with E-state index in [1.165, 1.54) is 6.92 Å². The van der Waals surface area contributed by atoms with E-state index in [1.54, 1.807) is 14.0 Å². The molecule has 0 fully saturated rings. The third kappa shape index (κ3) is 22.9. The molecule has 0 heterocycles. The standard InChI is InChI=1S/C4H10O2.C4H6O2/c1-4(5)3-6-2;1-3-6-4(2)5/h4-5H,3H2,1-2H3;3H,1H2,2H3. The molecule has 4 heteroatoms. The highest BCUT2D eigenvalue weighted by molar-refractivity contribution is 5.66. The van der Waals surface area contributed by atoms with Crippen LogP contribution >= 0.6 is 0 Å². The first-order valence-electron chi connectivity index (χ1n) is 3.49. The molecule has 0 aliphatic rings. The number of hydrogen-bond donors (Lipinski definition) is 1. The number of rotatable bonds is 3. The van der Waals surface area contributed by atoms with Crippen molar-refractivity contribution in [2.45, 2.75) is 20.0 Å². The van der Waals surface area contributed by atoms with E-state index in [9.17, 15) is 4.79 Å². The van der Waals surface area contributed by atoms with Crippen molar-refractivity contribution in [2.75, 3.05) is 13.7 Å². The number of aliphatic hydroxyl groups is 1. The quantitative estimate of drug-likeness (QED) is 0.508. The minimum Gasteiger partial charge on any atom is -0.435 e. The first-order chi connectivity index (χ1) is 5.54. The lowest BCUT2D eigenvalue weighted by Gasteiger charge is -1.97. The van der Waals surface area contributed by atoms with E-state index in [-0.39, 0.29) is 12.1 Å². The lowest BCUT2D eigenvalue weighted by Crippen LogP contribution is -2.07. The van der Waals surface area contributed by atoms with Crippen LogP contribution in [0.15, 0.2) is 12.8 Å². The summed E-state index contributed by atoms with van der Waals surface area (Å²) in [6, 6.07) is 0. The topological polar surface area (TPSA) is 55.8 Å². The number of aliphatic hydroxyl groups excluding tert-OH is 1. The number of carbonyl (C=O) groups excluding carboxylic acids is 1. The molecule has 0 aliphatic heterocycles. The summed E-state index contributed by atoms with van der Waals surface area (Å²) in [4.78, 5) is 9.75. The Labute approximate surface area is 72.8 Å². The van der Waals surface area contributed by atoms with Gasteiger partial charge < -0.3 is 14.6 Å². The van der Waals surface area contributed by atoms with E-state index < -0.39 is 0 Å². The zero-order chi connectivity index (χ0) is 9.98. The molecule has 1 atom stereocenters. The first kappa shape index (κ1) is 13.7. The lowest BCUT2D eigenvalue weighted by molar-refractivity contribution is -0.135. The van der Waals surface area contributed by atoms with Crippen LogP contribution in [0.4, 0.5) is 0 Å². The van der Waals surface area contributed by atoms with Crippen molar-refractivity contribution < 1.29 is 19.4 Å². The molecule has 0 saturated heterocycles. The van der Waals surface area contributed by atoms with Gasteiger partial charge in [-0.2, -0.15) is 0 Å². The summed E-state index contributed by atoms with van der Waals surface area (Å²) < 4.78 is 8.72. The molecule has 0 bridgehead atoms. The Hall–Kier alpha value is -0.870. The van der Waals surface area contributed by atoms with Crippen molar-refractivity contribution in [1.29, 1.82) is 0 Å². The number of carbonyl (C=O) groups is 1.